The van der Waals surface area contributed by atoms with Crippen LogP contribution in [0.3, 0.4) is 0 Å². The molecule has 2 saturated carbocycles. The van der Waals surface area contributed by atoms with Crippen LogP contribution in [0.25, 0.3) is 0 Å². The summed E-state index contributed by atoms with van der Waals surface area (Å²) in [5, 5.41) is 2.80. The number of carbonyl (C=O) groups excluding carboxylic acids is 3. The minimum atomic E-state index is -0.759. The number of urea groups is 1. The Morgan fingerprint density at radius 2 is 1.86 bits per heavy atom. The smallest absolute Gasteiger partial charge is 0.327 e. The molecule has 4 rings (SSSR count). The normalized spacial score (nSPS) is 21.8. The maximum atomic E-state index is 13.0. The molecule has 0 aromatic heterocycles. The Labute approximate surface area is 171 Å². The molecule has 7 heteroatoms. The molecule has 29 heavy (non-hydrogen) atoms. The lowest BCUT2D eigenvalue weighted by Gasteiger charge is -2.35. The summed E-state index contributed by atoms with van der Waals surface area (Å²) in [6, 6.07) is 6.89. The second-order valence-electron chi connectivity index (χ2n) is 8.43. The minimum absolute atomic E-state index is 0.238. The Balaban J connectivity index is 1.39. The number of nitrogens with one attached hydrogen (secondary N) is 1. The van der Waals surface area contributed by atoms with Crippen LogP contribution in [0.2, 0.25) is 0 Å². The van der Waals surface area contributed by atoms with Crippen LogP contribution in [0.4, 0.5) is 10.5 Å². The van der Waals surface area contributed by atoms with E-state index in [2.05, 4.69) is 5.32 Å². The first-order valence-corrected chi connectivity index (χ1v) is 10.7. The Morgan fingerprint density at radius 1 is 1.14 bits per heavy atom. The van der Waals surface area contributed by atoms with E-state index in [1.165, 1.54) is 17.7 Å². The van der Waals surface area contributed by atoms with E-state index in [9.17, 15) is 14.4 Å². The predicted octanol–water partition coefficient (Wildman–Crippen LogP) is 3.54. The molecule has 1 N–H and O–H groups in total. The summed E-state index contributed by atoms with van der Waals surface area (Å²) in [4.78, 5) is 40.9. The fourth-order valence-corrected chi connectivity index (χ4v) is 4.86. The van der Waals surface area contributed by atoms with Gasteiger partial charge in [-0.15, -0.1) is 0 Å². The molecule has 0 bridgehead atoms. The number of likely N-dealkylation sites (N-methyl/N-ethyl adjacent to an activating group) is 1. The SMILES string of the molecule is CN1C(=O)N(CC(=O)Nc2cccc(OC3CCCC3)c2)C(=O)C12CCCCC2. The number of imide groups is 1. The molecular weight excluding hydrogens is 370 g/mol. The van der Waals surface area contributed by atoms with Gasteiger partial charge in [-0.05, 0) is 50.7 Å². The highest BCUT2D eigenvalue weighted by atomic mass is 16.5. The monoisotopic (exact) mass is 399 g/mol. The van der Waals surface area contributed by atoms with Crippen molar-refractivity contribution in [2.75, 3.05) is 18.9 Å². The topological polar surface area (TPSA) is 79.0 Å². The Hall–Kier alpha value is -2.57. The largest absolute Gasteiger partial charge is 0.490 e. The van der Waals surface area contributed by atoms with Crippen molar-refractivity contribution in [1.29, 1.82) is 0 Å². The molecule has 1 aliphatic heterocycles. The number of amides is 4. The zero-order valence-corrected chi connectivity index (χ0v) is 17.0. The second-order valence-corrected chi connectivity index (χ2v) is 8.43. The lowest BCUT2D eigenvalue weighted by molar-refractivity contribution is -0.136. The van der Waals surface area contributed by atoms with Crippen molar-refractivity contribution in [3.05, 3.63) is 24.3 Å². The average Bonchev–Trinajstić information content (AvgIpc) is 3.28. The lowest BCUT2D eigenvalue weighted by Crippen LogP contribution is -2.49. The van der Waals surface area contributed by atoms with Gasteiger partial charge >= 0.3 is 6.03 Å². The zero-order chi connectivity index (χ0) is 20.4. The molecule has 1 aromatic carbocycles. The Morgan fingerprint density at radius 3 is 2.59 bits per heavy atom. The van der Waals surface area contributed by atoms with Gasteiger partial charge in [0.2, 0.25) is 5.91 Å². The summed E-state index contributed by atoms with van der Waals surface area (Å²) in [7, 11) is 1.67. The van der Waals surface area contributed by atoms with Crippen LogP contribution < -0.4 is 10.1 Å². The van der Waals surface area contributed by atoms with Crippen LogP contribution in [-0.4, -0.2) is 52.9 Å². The molecule has 0 unspecified atom stereocenters. The van der Waals surface area contributed by atoms with Crippen molar-refractivity contribution >= 4 is 23.5 Å². The quantitative estimate of drug-likeness (QED) is 0.768. The predicted molar refractivity (Wildman–Crippen MR) is 109 cm³/mol. The van der Waals surface area contributed by atoms with Crippen molar-refractivity contribution in [3.63, 3.8) is 0 Å². The number of benzene rings is 1. The molecule has 7 nitrogen and oxygen atoms in total. The van der Waals surface area contributed by atoms with Crippen LogP contribution >= 0.6 is 0 Å². The summed E-state index contributed by atoms with van der Waals surface area (Å²) in [6.45, 7) is -0.266. The molecule has 0 atom stereocenters. The van der Waals surface area contributed by atoms with E-state index in [1.54, 1.807) is 19.2 Å². The van der Waals surface area contributed by atoms with Gasteiger partial charge in [0.1, 0.15) is 17.8 Å². The molecule has 1 spiro atoms. The summed E-state index contributed by atoms with van der Waals surface area (Å²) in [6.07, 6.45) is 9.02. The minimum Gasteiger partial charge on any atom is -0.490 e. The summed E-state index contributed by atoms with van der Waals surface area (Å²) in [5.41, 5.74) is -0.157. The third-order valence-corrected chi connectivity index (χ3v) is 6.51. The van der Waals surface area contributed by atoms with Crippen LogP contribution in [0.1, 0.15) is 57.8 Å². The van der Waals surface area contributed by atoms with Crippen molar-refractivity contribution in [1.82, 2.24) is 9.80 Å². The molecular formula is C22H29N3O4. The molecule has 0 radical (unpaired) electrons. The first-order valence-electron chi connectivity index (χ1n) is 10.7. The van der Waals surface area contributed by atoms with Crippen LogP contribution in [-0.2, 0) is 9.59 Å². The lowest BCUT2D eigenvalue weighted by atomic mass is 9.81. The molecule has 3 fully saturated rings. The van der Waals surface area contributed by atoms with E-state index in [4.69, 9.17) is 4.74 Å². The number of rotatable bonds is 5. The van der Waals surface area contributed by atoms with Gasteiger partial charge in [-0.2, -0.15) is 0 Å². The first kappa shape index (κ1) is 19.7. The number of ether oxygens (including phenoxy) is 1. The van der Waals surface area contributed by atoms with Gasteiger partial charge in [0.15, 0.2) is 0 Å². The second kappa shape index (κ2) is 8.05. The third-order valence-electron chi connectivity index (χ3n) is 6.51. The van der Waals surface area contributed by atoms with Gasteiger partial charge in [0, 0.05) is 18.8 Å². The number of nitrogens with zero attached hydrogens (tertiary/aromatic N) is 2. The van der Waals surface area contributed by atoms with Crippen molar-refractivity contribution in [2.45, 2.75) is 69.4 Å². The summed E-state index contributed by atoms with van der Waals surface area (Å²) < 4.78 is 5.98. The van der Waals surface area contributed by atoms with E-state index >= 15 is 0 Å². The van der Waals surface area contributed by atoms with E-state index in [0.29, 0.717) is 18.5 Å². The van der Waals surface area contributed by atoms with Gasteiger partial charge in [0.25, 0.3) is 5.91 Å². The van der Waals surface area contributed by atoms with E-state index in [0.717, 1.165) is 42.8 Å². The molecule has 4 amide bonds. The van der Waals surface area contributed by atoms with Crippen molar-refractivity contribution in [2.24, 2.45) is 0 Å². The fraction of sp³-hybridized carbons (Fsp3) is 0.591. The van der Waals surface area contributed by atoms with Gasteiger partial charge in [-0.3, -0.25) is 14.5 Å². The molecule has 3 aliphatic rings. The highest BCUT2D eigenvalue weighted by Crippen LogP contribution is 2.39. The first-order chi connectivity index (χ1) is 14.0. The fourth-order valence-electron chi connectivity index (χ4n) is 4.86. The number of hydrogen-bond donors (Lipinski definition) is 1. The number of carbonyl (C=O) groups is 3. The highest BCUT2D eigenvalue weighted by molar-refractivity contribution is 6.10. The molecule has 1 heterocycles. The van der Waals surface area contributed by atoms with E-state index in [1.807, 2.05) is 12.1 Å². The average molecular weight is 399 g/mol. The maximum absolute atomic E-state index is 13.0. The van der Waals surface area contributed by atoms with E-state index < -0.39 is 5.54 Å². The molecule has 2 aliphatic carbocycles. The maximum Gasteiger partial charge on any atom is 0.327 e. The van der Waals surface area contributed by atoms with Gasteiger partial charge in [-0.25, -0.2) is 4.79 Å². The van der Waals surface area contributed by atoms with Crippen LogP contribution in [0, 0.1) is 0 Å². The summed E-state index contributed by atoms with van der Waals surface area (Å²) >= 11 is 0. The zero-order valence-electron chi connectivity index (χ0n) is 17.0. The van der Waals surface area contributed by atoms with Gasteiger partial charge in [-0.1, -0.05) is 25.3 Å². The van der Waals surface area contributed by atoms with Crippen LogP contribution in [0.5, 0.6) is 5.75 Å². The number of hydrogen-bond acceptors (Lipinski definition) is 4. The van der Waals surface area contributed by atoms with Gasteiger partial charge in [0.05, 0.1) is 6.10 Å². The third kappa shape index (κ3) is 3.82. The van der Waals surface area contributed by atoms with Crippen LogP contribution in [0.15, 0.2) is 24.3 Å². The molecule has 1 saturated heterocycles. The molecule has 1 aromatic rings. The molecule has 156 valence electrons. The van der Waals surface area contributed by atoms with Crippen molar-refractivity contribution < 1.29 is 19.1 Å². The van der Waals surface area contributed by atoms with Gasteiger partial charge < -0.3 is 15.0 Å². The Kier molecular flexibility index (Phi) is 5.48. The summed E-state index contributed by atoms with van der Waals surface area (Å²) in [5.74, 6) is 0.105. The Bertz CT molecular complexity index is 797. The highest BCUT2D eigenvalue weighted by Gasteiger charge is 2.55. The van der Waals surface area contributed by atoms with E-state index in [-0.39, 0.29) is 30.5 Å². The standard InChI is InChI=1S/C22H29N3O4/c1-24-21(28)25(20(27)22(24)12-5-2-6-13-22)15-19(26)23-16-8-7-11-18(14-16)29-17-9-3-4-10-17/h7-8,11,14,17H,2-6,9-10,12-13,15H2,1H3,(H,23,26). The number of anilines is 1. The van der Waals surface area contributed by atoms with Crippen molar-refractivity contribution in [3.8, 4) is 5.75 Å².